The molecular formula is C14H19N5O9. The Kier molecular flexibility index (Phi) is 5.87. The quantitative estimate of drug-likeness (QED) is 0.250. The molecule has 5 atom stereocenters. The van der Waals surface area contributed by atoms with Gasteiger partial charge in [-0.2, -0.15) is 4.98 Å². The molecule has 2 aromatic rings. The largest absolute Gasteiger partial charge is 0.479 e. The zero-order valence-corrected chi connectivity index (χ0v) is 14.3. The number of aliphatic hydroxyl groups is 3. The predicted molar refractivity (Wildman–Crippen MR) is 88.8 cm³/mol. The van der Waals surface area contributed by atoms with E-state index in [0.29, 0.717) is 0 Å². The highest BCUT2D eigenvalue weighted by molar-refractivity contribution is 5.73. The molecule has 0 aromatic carbocycles. The standard InChI is InChI=1S/C14H19N5O9/c15-14-17-10-5(11(23)18-14)16-3-19(10)4-26-1-2-27-13-8(22)6(20)7(21)9(28-13)12(24)25/h3,6-9,13,20-22H,1-2,4H2,(H,24,25)(H3,15,17,18,23). The molecule has 1 aliphatic rings. The molecule has 3 heterocycles. The van der Waals surface area contributed by atoms with Crippen molar-refractivity contribution in [1.82, 2.24) is 19.5 Å². The van der Waals surface area contributed by atoms with Crippen molar-refractivity contribution < 1.29 is 39.4 Å². The van der Waals surface area contributed by atoms with Gasteiger partial charge in [-0.15, -0.1) is 0 Å². The number of carbonyl (C=O) groups is 1. The van der Waals surface area contributed by atoms with Crippen LogP contribution in [0.3, 0.4) is 0 Å². The van der Waals surface area contributed by atoms with Crippen LogP contribution >= 0.6 is 0 Å². The maximum absolute atomic E-state index is 11.7. The highest BCUT2D eigenvalue weighted by Crippen LogP contribution is 2.22. The summed E-state index contributed by atoms with van der Waals surface area (Å²) in [5, 5.41) is 38.1. The third-order valence-corrected chi connectivity index (χ3v) is 4.05. The Bertz CT molecular complexity index is 899. The van der Waals surface area contributed by atoms with Crippen LogP contribution in [-0.2, 0) is 25.7 Å². The number of aliphatic carboxylic acids is 1. The smallest absolute Gasteiger partial charge is 0.335 e. The third kappa shape index (κ3) is 3.96. The molecule has 3 rings (SSSR count). The summed E-state index contributed by atoms with van der Waals surface area (Å²) in [5.74, 6) is -1.57. The van der Waals surface area contributed by atoms with Crippen molar-refractivity contribution in [2.24, 2.45) is 0 Å². The number of fused-ring (bicyclic) bond motifs is 1. The number of hydrogen-bond donors (Lipinski definition) is 6. The molecule has 0 bridgehead atoms. The lowest BCUT2D eigenvalue weighted by atomic mass is 9.99. The van der Waals surface area contributed by atoms with Crippen molar-refractivity contribution in [3.05, 3.63) is 16.7 Å². The van der Waals surface area contributed by atoms with Crippen LogP contribution in [0.2, 0.25) is 0 Å². The molecule has 28 heavy (non-hydrogen) atoms. The van der Waals surface area contributed by atoms with Gasteiger partial charge in [-0.1, -0.05) is 0 Å². The molecule has 14 nitrogen and oxygen atoms in total. The molecule has 0 saturated carbocycles. The number of carboxylic acids is 1. The average Bonchev–Trinajstić information content (AvgIpc) is 3.04. The van der Waals surface area contributed by atoms with Crippen LogP contribution in [0.5, 0.6) is 0 Å². The molecule has 154 valence electrons. The zero-order chi connectivity index (χ0) is 20.4. The molecule has 0 aliphatic carbocycles. The van der Waals surface area contributed by atoms with Crippen LogP contribution in [-0.4, -0.2) is 89.8 Å². The molecule has 14 heteroatoms. The molecule has 0 radical (unpaired) electrons. The van der Waals surface area contributed by atoms with Crippen LogP contribution < -0.4 is 11.3 Å². The number of ether oxygens (including phenoxy) is 3. The van der Waals surface area contributed by atoms with E-state index in [-0.39, 0.29) is 37.1 Å². The van der Waals surface area contributed by atoms with Crippen molar-refractivity contribution in [3.8, 4) is 0 Å². The van der Waals surface area contributed by atoms with Crippen LogP contribution in [0, 0.1) is 0 Å². The van der Waals surface area contributed by atoms with Crippen molar-refractivity contribution >= 4 is 23.1 Å². The Hall–Kier alpha value is -2.62. The van der Waals surface area contributed by atoms with E-state index in [1.165, 1.54) is 10.9 Å². The van der Waals surface area contributed by atoms with E-state index in [2.05, 4.69) is 15.0 Å². The summed E-state index contributed by atoms with van der Waals surface area (Å²) in [7, 11) is 0. The van der Waals surface area contributed by atoms with Gasteiger partial charge in [0.25, 0.3) is 5.56 Å². The number of imidazole rings is 1. The minimum absolute atomic E-state index is 0.0126. The Morgan fingerprint density at radius 2 is 2.04 bits per heavy atom. The van der Waals surface area contributed by atoms with Crippen LogP contribution in [0.25, 0.3) is 11.2 Å². The van der Waals surface area contributed by atoms with Crippen molar-refractivity contribution in [2.45, 2.75) is 37.4 Å². The summed E-state index contributed by atoms with van der Waals surface area (Å²) in [5.41, 5.74) is 5.34. The summed E-state index contributed by atoms with van der Waals surface area (Å²) in [6.45, 7) is -0.177. The second-order valence-corrected chi connectivity index (χ2v) is 5.98. The van der Waals surface area contributed by atoms with E-state index in [4.69, 9.17) is 25.1 Å². The number of aromatic amines is 1. The molecule has 2 aromatic heterocycles. The van der Waals surface area contributed by atoms with E-state index in [1.54, 1.807) is 0 Å². The Morgan fingerprint density at radius 1 is 1.29 bits per heavy atom. The number of nitrogens with one attached hydrogen (secondary N) is 1. The van der Waals surface area contributed by atoms with Crippen LogP contribution in [0.15, 0.2) is 11.1 Å². The number of hydrogen-bond acceptors (Lipinski definition) is 11. The number of aromatic nitrogens is 4. The van der Waals surface area contributed by atoms with E-state index < -0.39 is 42.2 Å². The maximum atomic E-state index is 11.7. The Morgan fingerprint density at radius 3 is 2.75 bits per heavy atom. The fourth-order valence-corrected chi connectivity index (χ4v) is 2.64. The van der Waals surface area contributed by atoms with Gasteiger partial charge in [0.2, 0.25) is 5.95 Å². The first-order valence-corrected chi connectivity index (χ1v) is 8.12. The maximum Gasteiger partial charge on any atom is 0.335 e. The summed E-state index contributed by atoms with van der Waals surface area (Å²) in [6, 6.07) is 0. The van der Waals surface area contributed by atoms with Gasteiger partial charge >= 0.3 is 5.97 Å². The summed E-state index contributed by atoms with van der Waals surface area (Å²) in [4.78, 5) is 32.9. The number of rotatable bonds is 7. The first-order chi connectivity index (χ1) is 13.3. The molecule has 1 saturated heterocycles. The highest BCUT2D eigenvalue weighted by Gasteiger charge is 2.47. The fraction of sp³-hybridized carbons (Fsp3) is 0.571. The molecule has 7 N–H and O–H groups in total. The van der Waals surface area contributed by atoms with Crippen molar-refractivity contribution in [3.63, 3.8) is 0 Å². The average molecular weight is 401 g/mol. The van der Waals surface area contributed by atoms with Gasteiger partial charge in [-0.25, -0.2) is 9.78 Å². The van der Waals surface area contributed by atoms with E-state index in [9.17, 15) is 24.9 Å². The first-order valence-electron chi connectivity index (χ1n) is 8.12. The van der Waals surface area contributed by atoms with Gasteiger partial charge in [-0.05, 0) is 0 Å². The summed E-state index contributed by atoms with van der Waals surface area (Å²) >= 11 is 0. The van der Waals surface area contributed by atoms with Crippen molar-refractivity contribution in [1.29, 1.82) is 0 Å². The van der Waals surface area contributed by atoms with Gasteiger partial charge in [0.1, 0.15) is 25.0 Å². The number of anilines is 1. The number of H-pyrrole nitrogens is 1. The Labute approximate surface area is 156 Å². The normalized spacial score (nSPS) is 27.9. The lowest BCUT2D eigenvalue weighted by molar-refractivity contribution is -0.295. The number of nitrogens with two attached hydrogens (primary N) is 1. The number of nitrogens with zero attached hydrogens (tertiary/aromatic N) is 3. The highest BCUT2D eigenvalue weighted by atomic mass is 16.7. The topological polar surface area (TPSA) is 215 Å². The van der Waals surface area contributed by atoms with E-state index >= 15 is 0 Å². The third-order valence-electron chi connectivity index (χ3n) is 4.05. The Balaban J connectivity index is 1.51. The summed E-state index contributed by atoms with van der Waals surface area (Å²) < 4.78 is 16.9. The van der Waals surface area contributed by atoms with Crippen LogP contribution in [0.4, 0.5) is 5.95 Å². The van der Waals surface area contributed by atoms with Gasteiger partial charge in [0, 0.05) is 0 Å². The first kappa shape index (κ1) is 20.1. The SMILES string of the molecule is Nc1nc2c(ncn2COCCOC2OC(C(=O)O)C(O)C(O)C2O)c(=O)[nH]1. The van der Waals surface area contributed by atoms with Gasteiger partial charge in [0.05, 0.1) is 19.5 Å². The summed E-state index contributed by atoms with van der Waals surface area (Å²) in [6.07, 6.45) is -7.03. The van der Waals surface area contributed by atoms with E-state index in [1.807, 2.05) is 0 Å². The second-order valence-electron chi connectivity index (χ2n) is 5.98. The lowest BCUT2D eigenvalue weighted by Crippen LogP contribution is -2.60. The van der Waals surface area contributed by atoms with E-state index in [0.717, 1.165) is 0 Å². The predicted octanol–water partition coefficient (Wildman–Crippen LogP) is -3.42. The minimum Gasteiger partial charge on any atom is -0.479 e. The monoisotopic (exact) mass is 401 g/mol. The van der Waals surface area contributed by atoms with Crippen LogP contribution in [0.1, 0.15) is 0 Å². The molecule has 1 aliphatic heterocycles. The molecular weight excluding hydrogens is 382 g/mol. The van der Waals surface area contributed by atoms with Gasteiger partial charge < -0.3 is 40.4 Å². The van der Waals surface area contributed by atoms with Crippen molar-refractivity contribution in [2.75, 3.05) is 18.9 Å². The molecule has 1 fully saturated rings. The minimum atomic E-state index is -1.79. The fourth-order valence-electron chi connectivity index (χ4n) is 2.64. The zero-order valence-electron chi connectivity index (χ0n) is 14.3. The number of nitrogen functional groups attached to an aromatic ring is 1. The van der Waals surface area contributed by atoms with Gasteiger partial charge in [0.15, 0.2) is 23.6 Å². The molecule has 0 spiro atoms. The molecule has 5 unspecified atom stereocenters. The number of aliphatic hydroxyl groups excluding tert-OH is 3. The van der Waals surface area contributed by atoms with Gasteiger partial charge in [-0.3, -0.25) is 14.3 Å². The lowest BCUT2D eigenvalue weighted by Gasteiger charge is -2.38. The molecule has 0 amide bonds. The second kappa shape index (κ2) is 8.17. The number of carboxylic acid groups (broad SMARTS) is 1.